The molecule has 4 rings (SSSR count). The van der Waals surface area contributed by atoms with E-state index >= 15 is 0 Å². The van der Waals surface area contributed by atoms with Crippen molar-refractivity contribution in [2.45, 2.75) is 20.1 Å². The number of nitrogens with one attached hydrogen (secondary N) is 2. The second-order valence-corrected chi connectivity index (χ2v) is 7.38. The van der Waals surface area contributed by atoms with Crippen LogP contribution in [0, 0.1) is 6.92 Å². The number of benzene rings is 3. The van der Waals surface area contributed by atoms with Gasteiger partial charge in [0.25, 0.3) is 5.91 Å². The molecule has 4 N–H and O–H groups in total. The lowest BCUT2D eigenvalue weighted by atomic mass is 10.1. The summed E-state index contributed by atoms with van der Waals surface area (Å²) in [6, 6.07) is 24.6. The minimum atomic E-state index is -0.230. The normalized spacial score (nSPS) is 10.5. The molecule has 0 saturated heterocycles. The maximum Gasteiger partial charge on any atom is 0.255 e. The number of rotatable bonds is 8. The fourth-order valence-corrected chi connectivity index (χ4v) is 3.12. The predicted octanol–water partition coefficient (Wildman–Crippen LogP) is 4.01. The first-order chi connectivity index (χ1) is 16.1. The van der Waals surface area contributed by atoms with Crippen LogP contribution in [0.15, 0.2) is 78.9 Å². The summed E-state index contributed by atoms with van der Waals surface area (Å²) in [7, 11) is 0. The molecule has 0 bridgehead atoms. The van der Waals surface area contributed by atoms with E-state index in [4.69, 9.17) is 10.5 Å². The number of nitrogen functional groups attached to an aromatic ring is 1. The van der Waals surface area contributed by atoms with Gasteiger partial charge in [-0.2, -0.15) is 15.0 Å². The van der Waals surface area contributed by atoms with Crippen LogP contribution >= 0.6 is 0 Å². The number of anilines is 3. The van der Waals surface area contributed by atoms with Crippen molar-refractivity contribution in [2.24, 2.45) is 0 Å². The summed E-state index contributed by atoms with van der Waals surface area (Å²) in [6.45, 7) is 2.46. The number of nitrogens with zero attached hydrogens (tertiary/aromatic N) is 3. The predicted molar refractivity (Wildman–Crippen MR) is 127 cm³/mol. The molecule has 0 fully saturated rings. The number of para-hydroxylation sites is 1. The van der Waals surface area contributed by atoms with E-state index < -0.39 is 0 Å². The first-order valence-electron chi connectivity index (χ1n) is 10.4. The van der Waals surface area contributed by atoms with Crippen molar-refractivity contribution in [3.05, 3.63) is 101 Å². The maximum absolute atomic E-state index is 12.7. The van der Waals surface area contributed by atoms with Gasteiger partial charge < -0.3 is 21.1 Å². The Labute approximate surface area is 191 Å². The van der Waals surface area contributed by atoms with Crippen molar-refractivity contribution in [3.63, 3.8) is 0 Å². The summed E-state index contributed by atoms with van der Waals surface area (Å²) in [5.74, 6) is 0.934. The standard InChI is InChI=1S/C25H24N6O2/c1-17-11-13-19(14-12-17)28-25-30-22(29-24(26)31-25)16-33-21-10-6-5-9-20(21)23(32)27-15-18-7-3-2-4-8-18/h2-14H,15-16H2,1H3,(H,27,32)(H3,26,28,29,30,31). The molecule has 4 aromatic rings. The number of aromatic nitrogens is 3. The minimum absolute atomic E-state index is 0.0261. The summed E-state index contributed by atoms with van der Waals surface area (Å²) in [6.07, 6.45) is 0. The largest absolute Gasteiger partial charge is 0.485 e. The quantitative estimate of drug-likeness (QED) is 0.379. The molecule has 0 radical (unpaired) electrons. The number of nitrogens with two attached hydrogens (primary N) is 1. The SMILES string of the molecule is Cc1ccc(Nc2nc(N)nc(COc3ccccc3C(=O)NCc3ccccc3)n2)cc1. The van der Waals surface area contributed by atoms with Crippen LogP contribution in [0.2, 0.25) is 0 Å². The van der Waals surface area contributed by atoms with Crippen LogP contribution in [0.4, 0.5) is 17.6 Å². The smallest absolute Gasteiger partial charge is 0.255 e. The lowest BCUT2D eigenvalue weighted by Crippen LogP contribution is -2.23. The Bertz CT molecular complexity index is 1230. The van der Waals surface area contributed by atoms with Crippen LogP contribution < -0.4 is 21.1 Å². The van der Waals surface area contributed by atoms with Gasteiger partial charge in [0, 0.05) is 12.2 Å². The molecule has 33 heavy (non-hydrogen) atoms. The monoisotopic (exact) mass is 440 g/mol. The lowest BCUT2D eigenvalue weighted by Gasteiger charge is -2.12. The number of carbonyl (C=O) groups excluding carboxylic acids is 1. The Morgan fingerprint density at radius 1 is 0.909 bits per heavy atom. The molecule has 1 heterocycles. The Kier molecular flexibility index (Phi) is 6.75. The molecule has 8 nitrogen and oxygen atoms in total. The van der Waals surface area contributed by atoms with Crippen LogP contribution in [0.25, 0.3) is 0 Å². The molecule has 0 aliphatic heterocycles. The van der Waals surface area contributed by atoms with Crippen molar-refractivity contribution in [1.29, 1.82) is 0 Å². The molecular formula is C25H24N6O2. The van der Waals surface area contributed by atoms with Crippen LogP contribution in [-0.4, -0.2) is 20.9 Å². The fourth-order valence-electron chi connectivity index (χ4n) is 3.12. The second kappa shape index (κ2) is 10.2. The molecule has 0 atom stereocenters. The Morgan fingerprint density at radius 2 is 1.64 bits per heavy atom. The van der Waals surface area contributed by atoms with E-state index in [1.54, 1.807) is 24.3 Å². The van der Waals surface area contributed by atoms with Crippen LogP contribution in [0.1, 0.15) is 27.3 Å². The zero-order valence-corrected chi connectivity index (χ0v) is 18.2. The van der Waals surface area contributed by atoms with E-state index in [0.29, 0.717) is 29.6 Å². The van der Waals surface area contributed by atoms with Gasteiger partial charge in [-0.1, -0.05) is 60.2 Å². The van der Waals surface area contributed by atoms with Gasteiger partial charge in [-0.05, 0) is 36.8 Å². The van der Waals surface area contributed by atoms with Crippen molar-refractivity contribution in [3.8, 4) is 5.75 Å². The average molecular weight is 441 g/mol. The Hall–Kier alpha value is -4.46. The highest BCUT2D eigenvalue weighted by Gasteiger charge is 2.13. The Balaban J connectivity index is 1.43. The molecule has 0 saturated carbocycles. The zero-order valence-electron chi connectivity index (χ0n) is 18.2. The number of carbonyl (C=O) groups is 1. The first kappa shape index (κ1) is 21.8. The van der Waals surface area contributed by atoms with Crippen LogP contribution in [0.5, 0.6) is 5.75 Å². The Morgan fingerprint density at radius 3 is 2.42 bits per heavy atom. The van der Waals surface area contributed by atoms with Gasteiger partial charge in [0.2, 0.25) is 11.9 Å². The third kappa shape index (κ3) is 6.04. The number of hydrogen-bond acceptors (Lipinski definition) is 7. The van der Waals surface area contributed by atoms with Gasteiger partial charge in [0.1, 0.15) is 12.4 Å². The number of amides is 1. The molecular weight excluding hydrogens is 416 g/mol. The molecule has 8 heteroatoms. The molecule has 1 amide bonds. The highest BCUT2D eigenvalue weighted by atomic mass is 16.5. The van der Waals surface area contributed by atoms with Crippen molar-refractivity contribution in [1.82, 2.24) is 20.3 Å². The van der Waals surface area contributed by atoms with E-state index in [0.717, 1.165) is 16.8 Å². The van der Waals surface area contributed by atoms with Crippen LogP contribution in [-0.2, 0) is 13.2 Å². The second-order valence-electron chi connectivity index (χ2n) is 7.38. The van der Waals surface area contributed by atoms with E-state index in [1.807, 2.05) is 61.5 Å². The summed E-state index contributed by atoms with van der Waals surface area (Å²) in [5.41, 5.74) is 9.28. The summed E-state index contributed by atoms with van der Waals surface area (Å²) >= 11 is 0. The molecule has 3 aromatic carbocycles. The summed E-state index contributed by atoms with van der Waals surface area (Å²) in [4.78, 5) is 25.4. The topological polar surface area (TPSA) is 115 Å². The summed E-state index contributed by atoms with van der Waals surface area (Å²) in [5, 5.41) is 6.02. The average Bonchev–Trinajstić information content (AvgIpc) is 2.83. The number of ether oxygens (including phenoxy) is 1. The fraction of sp³-hybridized carbons (Fsp3) is 0.120. The van der Waals surface area contributed by atoms with E-state index in [9.17, 15) is 4.79 Å². The highest BCUT2D eigenvalue weighted by Crippen LogP contribution is 2.20. The van der Waals surface area contributed by atoms with Gasteiger partial charge in [0.15, 0.2) is 5.82 Å². The van der Waals surface area contributed by atoms with Gasteiger partial charge in [0.05, 0.1) is 5.56 Å². The van der Waals surface area contributed by atoms with E-state index in [-0.39, 0.29) is 18.5 Å². The van der Waals surface area contributed by atoms with Crippen LogP contribution in [0.3, 0.4) is 0 Å². The molecule has 1 aromatic heterocycles. The van der Waals surface area contributed by atoms with Gasteiger partial charge in [-0.25, -0.2) is 0 Å². The molecule has 0 aliphatic rings. The van der Waals surface area contributed by atoms with Crippen molar-refractivity contribution >= 4 is 23.5 Å². The maximum atomic E-state index is 12.7. The first-order valence-corrected chi connectivity index (χ1v) is 10.4. The van der Waals surface area contributed by atoms with Gasteiger partial charge in [-0.3, -0.25) is 4.79 Å². The van der Waals surface area contributed by atoms with Gasteiger partial charge in [-0.15, -0.1) is 0 Å². The molecule has 166 valence electrons. The number of aryl methyl sites for hydroxylation is 1. The number of hydrogen-bond donors (Lipinski definition) is 3. The van der Waals surface area contributed by atoms with Crippen molar-refractivity contribution in [2.75, 3.05) is 11.1 Å². The lowest BCUT2D eigenvalue weighted by molar-refractivity contribution is 0.0946. The van der Waals surface area contributed by atoms with E-state index in [2.05, 4.69) is 25.6 Å². The zero-order chi connectivity index (χ0) is 23.0. The summed E-state index contributed by atoms with van der Waals surface area (Å²) < 4.78 is 5.88. The molecule has 0 unspecified atom stereocenters. The highest BCUT2D eigenvalue weighted by molar-refractivity contribution is 5.96. The van der Waals surface area contributed by atoms with E-state index in [1.165, 1.54) is 0 Å². The molecule has 0 spiro atoms. The minimum Gasteiger partial charge on any atom is -0.485 e. The third-order valence-electron chi connectivity index (χ3n) is 4.79. The van der Waals surface area contributed by atoms with Crippen molar-refractivity contribution < 1.29 is 9.53 Å². The third-order valence-corrected chi connectivity index (χ3v) is 4.79. The van der Waals surface area contributed by atoms with Gasteiger partial charge >= 0.3 is 0 Å². The molecule has 0 aliphatic carbocycles.